The van der Waals surface area contributed by atoms with E-state index in [0.717, 1.165) is 22.5 Å². The van der Waals surface area contributed by atoms with Crippen molar-refractivity contribution < 1.29 is 9.59 Å². The van der Waals surface area contributed by atoms with Crippen molar-refractivity contribution in [2.75, 3.05) is 10.6 Å². The first kappa shape index (κ1) is 16.1. The normalized spacial score (nSPS) is 17.4. The van der Waals surface area contributed by atoms with Gasteiger partial charge < -0.3 is 10.6 Å². The van der Waals surface area contributed by atoms with Gasteiger partial charge in [-0.25, -0.2) is 9.98 Å². The number of para-hydroxylation sites is 2. The first-order valence-electron chi connectivity index (χ1n) is 8.78. The molecule has 2 N–H and O–H groups in total. The van der Waals surface area contributed by atoms with E-state index < -0.39 is 0 Å². The van der Waals surface area contributed by atoms with Gasteiger partial charge in [-0.3, -0.25) is 9.59 Å². The molecule has 2 heterocycles. The summed E-state index contributed by atoms with van der Waals surface area (Å²) in [6.45, 7) is 0. The molecule has 0 saturated carbocycles. The summed E-state index contributed by atoms with van der Waals surface area (Å²) in [6, 6.07) is 22.0. The molecule has 0 bridgehead atoms. The lowest BCUT2D eigenvalue weighted by Gasteiger charge is -2.00. The van der Waals surface area contributed by atoms with E-state index in [0.29, 0.717) is 22.8 Å². The third kappa shape index (κ3) is 2.68. The zero-order valence-corrected chi connectivity index (χ0v) is 14.6. The van der Waals surface area contributed by atoms with Gasteiger partial charge >= 0.3 is 0 Å². The molecule has 0 aliphatic carbocycles. The van der Waals surface area contributed by atoms with Crippen LogP contribution in [0.25, 0.3) is 0 Å². The molecule has 134 valence electrons. The minimum Gasteiger partial charge on any atom is -0.320 e. The number of nitrogens with one attached hydrogen (secondary N) is 2. The fraction of sp³-hybridized carbons (Fsp3) is 0. The van der Waals surface area contributed by atoms with Crippen molar-refractivity contribution in [2.24, 2.45) is 9.98 Å². The summed E-state index contributed by atoms with van der Waals surface area (Å²) in [5, 5.41) is 5.61. The van der Waals surface area contributed by atoms with E-state index in [2.05, 4.69) is 20.6 Å². The van der Waals surface area contributed by atoms with Crippen LogP contribution in [0.4, 0.5) is 22.7 Å². The van der Waals surface area contributed by atoms with Crippen LogP contribution < -0.4 is 10.6 Å². The van der Waals surface area contributed by atoms with Crippen LogP contribution in [0.15, 0.2) is 82.8 Å². The van der Waals surface area contributed by atoms with Gasteiger partial charge in [0.1, 0.15) is 11.4 Å². The van der Waals surface area contributed by atoms with Crippen molar-refractivity contribution in [1.82, 2.24) is 0 Å². The van der Waals surface area contributed by atoms with Gasteiger partial charge in [-0.15, -0.1) is 0 Å². The summed E-state index contributed by atoms with van der Waals surface area (Å²) in [5.74, 6) is -0.436. The van der Waals surface area contributed by atoms with E-state index in [1.54, 1.807) is 24.3 Å². The van der Waals surface area contributed by atoms with Crippen molar-refractivity contribution in [2.45, 2.75) is 0 Å². The fourth-order valence-electron chi connectivity index (χ4n) is 3.29. The van der Waals surface area contributed by atoms with Gasteiger partial charge in [0, 0.05) is 11.1 Å². The molecule has 6 nitrogen and oxygen atoms in total. The molecule has 28 heavy (non-hydrogen) atoms. The second-order valence-electron chi connectivity index (χ2n) is 6.44. The molecule has 0 atom stereocenters. The minimum absolute atomic E-state index is 0.218. The van der Waals surface area contributed by atoms with E-state index >= 15 is 0 Å². The molecular formula is C22H14N4O2. The Morgan fingerprint density at radius 2 is 0.929 bits per heavy atom. The predicted molar refractivity (Wildman–Crippen MR) is 109 cm³/mol. The first-order valence-corrected chi connectivity index (χ1v) is 8.78. The highest BCUT2D eigenvalue weighted by Gasteiger charge is 2.26. The average molecular weight is 366 g/mol. The molecule has 0 radical (unpaired) electrons. The largest absolute Gasteiger partial charge is 0.320 e. The number of aliphatic imine (C=N–C) groups is 2. The number of hydrogen-bond donors (Lipinski definition) is 2. The van der Waals surface area contributed by atoms with Gasteiger partial charge in [-0.1, -0.05) is 36.4 Å². The zero-order valence-electron chi connectivity index (χ0n) is 14.6. The molecule has 0 spiro atoms. The molecule has 0 aromatic heterocycles. The predicted octanol–water partition coefficient (Wildman–Crippen LogP) is 3.83. The third-order valence-electron chi connectivity index (χ3n) is 4.62. The summed E-state index contributed by atoms with van der Waals surface area (Å²) in [5.41, 5.74) is 5.16. The van der Waals surface area contributed by atoms with Gasteiger partial charge in [0.05, 0.1) is 22.7 Å². The van der Waals surface area contributed by atoms with E-state index in [1.165, 1.54) is 0 Å². The molecular weight excluding hydrogens is 352 g/mol. The monoisotopic (exact) mass is 366 g/mol. The Labute approximate surface area is 160 Å². The number of fused-ring (bicyclic) bond motifs is 2. The maximum atomic E-state index is 12.2. The number of hydrogen-bond acceptors (Lipinski definition) is 4. The average Bonchev–Trinajstić information content (AvgIpc) is 3.20. The lowest BCUT2D eigenvalue weighted by atomic mass is 10.1. The molecule has 0 saturated heterocycles. The van der Waals surface area contributed by atoms with E-state index in [4.69, 9.17) is 0 Å². The highest BCUT2D eigenvalue weighted by atomic mass is 16.2. The van der Waals surface area contributed by atoms with Crippen molar-refractivity contribution >= 4 is 46.0 Å². The molecule has 2 aliphatic rings. The number of carbonyl (C=O) groups excluding carboxylic acids is 2. The van der Waals surface area contributed by atoms with Gasteiger partial charge in [0.15, 0.2) is 0 Å². The lowest BCUT2D eigenvalue weighted by Crippen LogP contribution is -2.14. The van der Waals surface area contributed by atoms with Crippen molar-refractivity contribution in [3.8, 4) is 0 Å². The fourth-order valence-corrected chi connectivity index (χ4v) is 3.29. The second kappa shape index (κ2) is 6.28. The molecule has 6 heteroatoms. The number of anilines is 2. The third-order valence-corrected chi connectivity index (χ3v) is 4.62. The standard InChI is InChI=1S/C22H14N4O2/c27-21-19(15-5-1-3-7-17(15)25-21)23-13-9-11-14(12-10-13)24-20-16-6-2-4-8-18(16)26-22(20)28/h1-12H,(H,23,25,27)(H,24,26,28). The van der Waals surface area contributed by atoms with Crippen LogP contribution >= 0.6 is 0 Å². The summed E-state index contributed by atoms with van der Waals surface area (Å²) in [4.78, 5) is 33.3. The smallest absolute Gasteiger partial charge is 0.275 e. The van der Waals surface area contributed by atoms with Crippen LogP contribution in [0.1, 0.15) is 11.1 Å². The summed E-state index contributed by atoms with van der Waals surface area (Å²) < 4.78 is 0. The Morgan fingerprint density at radius 3 is 1.36 bits per heavy atom. The van der Waals surface area contributed by atoms with Crippen LogP contribution in [0.5, 0.6) is 0 Å². The molecule has 0 unspecified atom stereocenters. The number of benzene rings is 3. The quantitative estimate of drug-likeness (QED) is 0.722. The molecule has 3 aromatic carbocycles. The van der Waals surface area contributed by atoms with E-state index in [-0.39, 0.29) is 11.8 Å². The van der Waals surface area contributed by atoms with Crippen LogP contribution in [0, 0.1) is 0 Å². The van der Waals surface area contributed by atoms with Crippen LogP contribution in [0.2, 0.25) is 0 Å². The van der Waals surface area contributed by atoms with Gasteiger partial charge in [0.25, 0.3) is 11.8 Å². The van der Waals surface area contributed by atoms with Crippen LogP contribution in [-0.4, -0.2) is 23.2 Å². The second-order valence-corrected chi connectivity index (χ2v) is 6.44. The molecule has 2 aliphatic heterocycles. The van der Waals surface area contributed by atoms with Crippen molar-refractivity contribution in [3.63, 3.8) is 0 Å². The SMILES string of the molecule is O=C1Nc2ccccc2C1=Nc1ccc(N=C2C(=O)Nc3ccccc32)cc1. The molecule has 2 amide bonds. The Morgan fingerprint density at radius 1 is 0.536 bits per heavy atom. The number of rotatable bonds is 2. The van der Waals surface area contributed by atoms with Crippen LogP contribution in [-0.2, 0) is 9.59 Å². The summed E-state index contributed by atoms with van der Waals surface area (Å²) in [7, 11) is 0. The van der Waals surface area contributed by atoms with Gasteiger partial charge in [0.2, 0.25) is 0 Å². The Kier molecular flexibility index (Phi) is 3.62. The summed E-state index contributed by atoms with van der Waals surface area (Å²) in [6.07, 6.45) is 0. The highest BCUT2D eigenvalue weighted by molar-refractivity contribution is 6.54. The van der Waals surface area contributed by atoms with Gasteiger partial charge in [-0.2, -0.15) is 0 Å². The number of nitrogens with zero attached hydrogens (tertiary/aromatic N) is 2. The maximum Gasteiger partial charge on any atom is 0.275 e. The zero-order chi connectivity index (χ0) is 19.1. The number of carbonyl (C=O) groups is 2. The Balaban J connectivity index is 1.46. The maximum absolute atomic E-state index is 12.2. The molecule has 0 fully saturated rings. The molecule has 5 rings (SSSR count). The number of amides is 2. The van der Waals surface area contributed by atoms with Gasteiger partial charge in [-0.05, 0) is 36.4 Å². The highest BCUT2D eigenvalue weighted by Crippen LogP contribution is 2.28. The Bertz CT molecular complexity index is 1100. The van der Waals surface area contributed by atoms with E-state index in [9.17, 15) is 9.59 Å². The molecule has 3 aromatic rings. The van der Waals surface area contributed by atoms with Crippen LogP contribution in [0.3, 0.4) is 0 Å². The topological polar surface area (TPSA) is 82.9 Å². The van der Waals surface area contributed by atoms with Crippen molar-refractivity contribution in [3.05, 3.63) is 83.9 Å². The van der Waals surface area contributed by atoms with Crippen molar-refractivity contribution in [1.29, 1.82) is 0 Å². The first-order chi connectivity index (χ1) is 13.7. The Hall–Kier alpha value is -4.06. The van der Waals surface area contributed by atoms with E-state index in [1.807, 2.05) is 48.5 Å². The summed E-state index contributed by atoms with van der Waals surface area (Å²) >= 11 is 0. The minimum atomic E-state index is -0.218. The lowest BCUT2D eigenvalue weighted by molar-refractivity contribution is -0.110.